The summed E-state index contributed by atoms with van der Waals surface area (Å²) in [4.78, 5) is 18.2. The fraction of sp³-hybridized carbons (Fsp3) is 0.294. The van der Waals surface area contributed by atoms with Crippen LogP contribution in [0.25, 0.3) is 0 Å². The molecule has 2 heterocycles. The number of ether oxygens (including phenoxy) is 1. The molecule has 0 saturated carbocycles. The normalized spacial score (nSPS) is 17.1. The number of thioether (sulfide) groups is 1. The molecule has 25 heavy (non-hydrogen) atoms. The van der Waals surface area contributed by atoms with Gasteiger partial charge >= 0.3 is 12.1 Å². The molecule has 2 aromatic rings. The molecule has 0 radical (unpaired) electrons. The second-order valence-corrected chi connectivity index (χ2v) is 6.53. The number of hydrogen-bond acceptors (Lipinski definition) is 5. The van der Waals surface area contributed by atoms with E-state index in [1.54, 1.807) is 24.1 Å². The van der Waals surface area contributed by atoms with Crippen molar-refractivity contribution < 1.29 is 22.7 Å². The fourth-order valence-electron chi connectivity index (χ4n) is 2.55. The van der Waals surface area contributed by atoms with Crippen molar-refractivity contribution >= 4 is 29.1 Å². The number of alkyl halides is 3. The molecule has 1 aromatic carbocycles. The SMILES string of the molecule is CCOC(=O)C1CN(c2ccc(C(F)(F)F)cc2)c2cccnc2S1. The van der Waals surface area contributed by atoms with Gasteiger partial charge in [-0.25, -0.2) is 4.98 Å². The van der Waals surface area contributed by atoms with Gasteiger partial charge in [0.05, 0.1) is 17.9 Å². The first-order valence-electron chi connectivity index (χ1n) is 7.63. The molecule has 0 saturated heterocycles. The van der Waals surface area contributed by atoms with Gasteiger partial charge in [0.2, 0.25) is 0 Å². The lowest BCUT2D eigenvalue weighted by Crippen LogP contribution is -2.37. The molecule has 1 aliphatic heterocycles. The Hall–Kier alpha value is -2.22. The number of aromatic nitrogens is 1. The van der Waals surface area contributed by atoms with Crippen LogP contribution in [0.5, 0.6) is 0 Å². The van der Waals surface area contributed by atoms with E-state index in [0.29, 0.717) is 17.3 Å². The molecule has 0 N–H and O–H groups in total. The molecule has 132 valence electrons. The zero-order valence-electron chi connectivity index (χ0n) is 13.3. The molecule has 0 fully saturated rings. The summed E-state index contributed by atoms with van der Waals surface area (Å²) in [6.45, 7) is 2.30. The van der Waals surface area contributed by atoms with Gasteiger partial charge in [0.15, 0.2) is 0 Å². The summed E-state index contributed by atoms with van der Waals surface area (Å²) in [6.07, 6.45) is -2.77. The van der Waals surface area contributed by atoms with Gasteiger partial charge in [-0.3, -0.25) is 4.79 Å². The van der Waals surface area contributed by atoms with E-state index >= 15 is 0 Å². The van der Waals surface area contributed by atoms with Gasteiger partial charge in [-0.15, -0.1) is 0 Å². The van der Waals surface area contributed by atoms with E-state index in [2.05, 4.69) is 4.98 Å². The van der Waals surface area contributed by atoms with Crippen LogP contribution in [0.2, 0.25) is 0 Å². The van der Waals surface area contributed by atoms with Crippen LogP contribution in [-0.2, 0) is 15.7 Å². The summed E-state index contributed by atoms with van der Waals surface area (Å²) in [6, 6.07) is 8.45. The van der Waals surface area contributed by atoms with Crippen molar-refractivity contribution in [3.8, 4) is 0 Å². The predicted octanol–water partition coefficient (Wildman–Crippen LogP) is 4.28. The minimum atomic E-state index is -4.39. The van der Waals surface area contributed by atoms with Crippen molar-refractivity contribution in [1.29, 1.82) is 0 Å². The summed E-state index contributed by atoms with van der Waals surface area (Å²) in [5, 5.41) is 0.149. The van der Waals surface area contributed by atoms with Gasteiger partial charge in [0.1, 0.15) is 10.3 Å². The second-order valence-electron chi connectivity index (χ2n) is 5.34. The lowest BCUT2D eigenvalue weighted by Gasteiger charge is -2.33. The Labute approximate surface area is 147 Å². The van der Waals surface area contributed by atoms with E-state index in [0.717, 1.165) is 17.8 Å². The quantitative estimate of drug-likeness (QED) is 0.757. The van der Waals surface area contributed by atoms with Crippen LogP contribution in [0.4, 0.5) is 24.5 Å². The zero-order valence-corrected chi connectivity index (χ0v) is 14.1. The summed E-state index contributed by atoms with van der Waals surface area (Å²) in [5.74, 6) is -0.360. The summed E-state index contributed by atoms with van der Waals surface area (Å²) in [5.41, 5.74) is 0.612. The Morgan fingerprint density at radius 2 is 2.04 bits per heavy atom. The number of esters is 1. The van der Waals surface area contributed by atoms with Crippen LogP contribution < -0.4 is 4.90 Å². The predicted molar refractivity (Wildman–Crippen MR) is 89.0 cm³/mol. The van der Waals surface area contributed by atoms with Crippen LogP contribution in [-0.4, -0.2) is 29.4 Å². The Kier molecular flexibility index (Phi) is 4.89. The van der Waals surface area contributed by atoms with Crippen LogP contribution in [0.1, 0.15) is 12.5 Å². The van der Waals surface area contributed by atoms with Gasteiger partial charge in [-0.2, -0.15) is 13.2 Å². The molecule has 1 unspecified atom stereocenters. The van der Waals surface area contributed by atoms with E-state index < -0.39 is 17.0 Å². The van der Waals surface area contributed by atoms with Gasteiger partial charge in [-0.05, 0) is 43.3 Å². The van der Waals surface area contributed by atoms with E-state index in [1.165, 1.54) is 23.9 Å². The highest BCUT2D eigenvalue weighted by Gasteiger charge is 2.34. The number of rotatable bonds is 3. The Morgan fingerprint density at radius 1 is 1.32 bits per heavy atom. The maximum Gasteiger partial charge on any atom is 0.416 e. The van der Waals surface area contributed by atoms with E-state index in [1.807, 2.05) is 6.07 Å². The van der Waals surface area contributed by atoms with Crippen molar-refractivity contribution in [3.05, 3.63) is 48.2 Å². The minimum Gasteiger partial charge on any atom is -0.465 e. The molecule has 8 heteroatoms. The van der Waals surface area contributed by atoms with Crippen molar-refractivity contribution in [2.45, 2.75) is 23.4 Å². The van der Waals surface area contributed by atoms with E-state index in [4.69, 9.17) is 4.74 Å². The number of hydrogen-bond donors (Lipinski definition) is 0. The summed E-state index contributed by atoms with van der Waals surface area (Å²) < 4.78 is 43.4. The molecular formula is C17H15F3N2O2S. The maximum atomic E-state index is 12.8. The largest absolute Gasteiger partial charge is 0.465 e. The molecule has 1 aromatic heterocycles. The molecule has 1 aliphatic rings. The molecule has 0 amide bonds. The number of fused-ring (bicyclic) bond motifs is 1. The van der Waals surface area contributed by atoms with Gasteiger partial charge in [-0.1, -0.05) is 11.8 Å². The molecular weight excluding hydrogens is 353 g/mol. The standard InChI is InChI=1S/C17H15F3N2O2S/c1-2-24-16(23)14-10-22(13-4-3-9-21-15(13)25-14)12-7-5-11(6-8-12)17(18,19)20/h3-9,14H,2,10H2,1H3. The number of halogens is 3. The third-order valence-electron chi connectivity index (χ3n) is 3.70. The van der Waals surface area contributed by atoms with Crippen molar-refractivity contribution in [2.24, 2.45) is 0 Å². The Bertz CT molecular complexity index is 765. The highest BCUT2D eigenvalue weighted by Crippen LogP contribution is 2.41. The number of benzene rings is 1. The Morgan fingerprint density at radius 3 is 2.68 bits per heavy atom. The third kappa shape index (κ3) is 3.73. The summed E-state index contributed by atoms with van der Waals surface area (Å²) in [7, 11) is 0. The first-order valence-corrected chi connectivity index (χ1v) is 8.51. The zero-order chi connectivity index (χ0) is 18.0. The first kappa shape index (κ1) is 17.6. The highest BCUT2D eigenvalue weighted by atomic mass is 32.2. The van der Waals surface area contributed by atoms with Crippen molar-refractivity contribution in [2.75, 3.05) is 18.1 Å². The number of carbonyl (C=O) groups is 1. The fourth-order valence-corrected chi connectivity index (χ4v) is 3.63. The number of carbonyl (C=O) groups excluding carboxylic acids is 1. The third-order valence-corrected chi connectivity index (χ3v) is 4.86. The van der Waals surface area contributed by atoms with Gasteiger partial charge < -0.3 is 9.64 Å². The number of pyridine rings is 1. The van der Waals surface area contributed by atoms with Crippen molar-refractivity contribution in [3.63, 3.8) is 0 Å². The molecule has 0 bridgehead atoms. The van der Waals surface area contributed by atoms with Crippen LogP contribution in [0, 0.1) is 0 Å². The van der Waals surface area contributed by atoms with Crippen molar-refractivity contribution in [1.82, 2.24) is 4.98 Å². The average molecular weight is 368 g/mol. The second kappa shape index (κ2) is 6.95. The average Bonchev–Trinajstić information content (AvgIpc) is 2.60. The Balaban J connectivity index is 1.94. The van der Waals surface area contributed by atoms with E-state index in [-0.39, 0.29) is 12.6 Å². The number of nitrogens with zero attached hydrogens (tertiary/aromatic N) is 2. The summed E-state index contributed by atoms with van der Waals surface area (Å²) >= 11 is 1.30. The van der Waals surface area contributed by atoms with Crippen LogP contribution in [0.15, 0.2) is 47.6 Å². The molecule has 1 atom stereocenters. The molecule has 4 nitrogen and oxygen atoms in total. The smallest absolute Gasteiger partial charge is 0.416 e. The molecule has 0 spiro atoms. The molecule has 0 aliphatic carbocycles. The minimum absolute atomic E-state index is 0.269. The number of anilines is 2. The van der Waals surface area contributed by atoms with Crippen LogP contribution in [0.3, 0.4) is 0 Å². The highest BCUT2D eigenvalue weighted by molar-refractivity contribution is 8.00. The van der Waals surface area contributed by atoms with E-state index in [9.17, 15) is 18.0 Å². The monoisotopic (exact) mass is 368 g/mol. The van der Waals surface area contributed by atoms with Gasteiger partial charge in [0, 0.05) is 18.4 Å². The lowest BCUT2D eigenvalue weighted by molar-refractivity contribution is -0.142. The molecule has 3 rings (SSSR count). The first-order chi connectivity index (χ1) is 11.9. The topological polar surface area (TPSA) is 42.4 Å². The van der Waals surface area contributed by atoms with Crippen LogP contribution >= 0.6 is 11.8 Å². The maximum absolute atomic E-state index is 12.8. The lowest BCUT2D eigenvalue weighted by atomic mass is 10.1. The van der Waals surface area contributed by atoms with Gasteiger partial charge in [0.25, 0.3) is 0 Å².